The van der Waals surface area contributed by atoms with Crippen LogP contribution in [0.2, 0.25) is 0 Å². The van der Waals surface area contributed by atoms with E-state index in [0.29, 0.717) is 16.7 Å². The first-order valence-electron chi connectivity index (χ1n) is 8.31. The highest BCUT2D eigenvalue weighted by Gasteiger charge is 2.19. The van der Waals surface area contributed by atoms with Gasteiger partial charge in [0, 0.05) is 0 Å². The number of rotatable bonds is 6. The number of carboxylic acids is 1. The molecular formula is C21H17FO5S. The third-order valence-corrected chi connectivity index (χ3v) is 5.94. The second-order valence-electron chi connectivity index (χ2n) is 6.10. The van der Waals surface area contributed by atoms with Crippen molar-refractivity contribution in [1.29, 1.82) is 0 Å². The Morgan fingerprint density at radius 1 is 0.964 bits per heavy atom. The summed E-state index contributed by atoms with van der Waals surface area (Å²) in [6.45, 7) is 0. The molecule has 0 bridgehead atoms. The number of halogens is 1. The molecule has 3 aromatic carbocycles. The third-order valence-electron chi connectivity index (χ3n) is 4.19. The molecule has 0 heterocycles. The van der Waals surface area contributed by atoms with E-state index in [1.807, 2.05) is 0 Å². The highest BCUT2D eigenvalue weighted by atomic mass is 32.2. The maximum Gasteiger partial charge on any atom is 0.307 e. The number of sulfone groups is 1. The molecule has 0 saturated carbocycles. The molecule has 0 fully saturated rings. The van der Waals surface area contributed by atoms with Crippen molar-refractivity contribution in [1.82, 2.24) is 0 Å². The number of ether oxygens (including phenoxy) is 1. The minimum absolute atomic E-state index is 0.00399. The maximum atomic E-state index is 14.0. The predicted octanol–water partition coefficient (Wildman–Crippen LogP) is 3.96. The average molecular weight is 400 g/mol. The second-order valence-corrected chi connectivity index (χ2v) is 8.05. The van der Waals surface area contributed by atoms with Gasteiger partial charge in [0.05, 0.1) is 23.3 Å². The van der Waals surface area contributed by atoms with E-state index in [1.165, 1.54) is 49.6 Å². The standard InChI is InChI=1S/C21H17FO5S/c1-27-20-9-8-16(13-19(20)22)15-5-3-7-18(12-15)28(25,26)17-6-2-4-14(10-17)11-21(23)24/h2-10,12-13H,11H2,1H3,(H,23,24). The maximum absolute atomic E-state index is 14.0. The van der Waals surface area contributed by atoms with Crippen LogP contribution < -0.4 is 4.74 Å². The molecule has 0 aliphatic carbocycles. The Morgan fingerprint density at radius 2 is 1.61 bits per heavy atom. The fourth-order valence-corrected chi connectivity index (χ4v) is 4.20. The number of carboxylic acid groups (broad SMARTS) is 1. The normalized spacial score (nSPS) is 11.2. The van der Waals surface area contributed by atoms with Gasteiger partial charge in [-0.15, -0.1) is 0 Å². The van der Waals surface area contributed by atoms with Gasteiger partial charge in [-0.2, -0.15) is 0 Å². The Bertz CT molecular complexity index is 1140. The Balaban J connectivity index is 2.01. The van der Waals surface area contributed by atoms with E-state index in [4.69, 9.17) is 9.84 Å². The molecule has 5 nitrogen and oxygen atoms in total. The minimum Gasteiger partial charge on any atom is -0.494 e. The van der Waals surface area contributed by atoms with Gasteiger partial charge in [-0.05, 0) is 53.1 Å². The number of aliphatic carboxylic acids is 1. The van der Waals surface area contributed by atoms with Crippen LogP contribution in [-0.2, 0) is 21.1 Å². The summed E-state index contributed by atoms with van der Waals surface area (Å²) in [5, 5.41) is 8.91. The molecule has 0 unspecified atom stereocenters. The zero-order chi connectivity index (χ0) is 20.3. The molecule has 3 aromatic rings. The van der Waals surface area contributed by atoms with Crippen LogP contribution in [0, 0.1) is 5.82 Å². The van der Waals surface area contributed by atoms with Crippen molar-refractivity contribution in [3.8, 4) is 16.9 Å². The first kappa shape index (κ1) is 19.6. The zero-order valence-electron chi connectivity index (χ0n) is 14.9. The van der Waals surface area contributed by atoms with Gasteiger partial charge < -0.3 is 9.84 Å². The fraction of sp³-hybridized carbons (Fsp3) is 0.0952. The average Bonchev–Trinajstić information content (AvgIpc) is 2.67. The summed E-state index contributed by atoms with van der Waals surface area (Å²) in [7, 11) is -2.50. The van der Waals surface area contributed by atoms with Crippen molar-refractivity contribution >= 4 is 15.8 Å². The van der Waals surface area contributed by atoms with Crippen LogP contribution in [0.15, 0.2) is 76.5 Å². The quantitative estimate of drug-likeness (QED) is 0.677. The zero-order valence-corrected chi connectivity index (χ0v) is 15.7. The molecule has 0 saturated heterocycles. The van der Waals surface area contributed by atoms with Gasteiger partial charge in [-0.3, -0.25) is 4.79 Å². The largest absolute Gasteiger partial charge is 0.494 e. The van der Waals surface area contributed by atoms with Crippen LogP contribution in [0.5, 0.6) is 5.75 Å². The van der Waals surface area contributed by atoms with Crippen molar-refractivity contribution in [3.63, 3.8) is 0 Å². The van der Waals surface area contributed by atoms with Crippen molar-refractivity contribution < 1.29 is 27.4 Å². The minimum atomic E-state index is -3.86. The van der Waals surface area contributed by atoms with Gasteiger partial charge in [0.15, 0.2) is 11.6 Å². The van der Waals surface area contributed by atoms with Crippen molar-refractivity contribution in [3.05, 3.63) is 78.1 Å². The van der Waals surface area contributed by atoms with E-state index < -0.39 is 21.6 Å². The molecule has 0 aliphatic heterocycles. The Hall–Kier alpha value is -3.19. The summed E-state index contributed by atoms with van der Waals surface area (Å²) < 4.78 is 44.9. The van der Waals surface area contributed by atoms with Crippen LogP contribution in [0.3, 0.4) is 0 Å². The Kier molecular flexibility index (Phi) is 5.46. The van der Waals surface area contributed by atoms with E-state index in [9.17, 15) is 17.6 Å². The van der Waals surface area contributed by atoms with Gasteiger partial charge in [0.1, 0.15) is 0 Å². The number of carbonyl (C=O) groups is 1. The second kappa shape index (κ2) is 7.82. The topological polar surface area (TPSA) is 80.7 Å². The molecule has 0 amide bonds. The molecule has 0 radical (unpaired) electrons. The van der Waals surface area contributed by atoms with E-state index >= 15 is 0 Å². The molecule has 144 valence electrons. The van der Waals surface area contributed by atoms with E-state index in [-0.39, 0.29) is 22.0 Å². The van der Waals surface area contributed by atoms with Gasteiger partial charge in [0.2, 0.25) is 9.84 Å². The lowest BCUT2D eigenvalue weighted by Crippen LogP contribution is -2.05. The highest BCUT2D eigenvalue weighted by Crippen LogP contribution is 2.29. The van der Waals surface area contributed by atoms with Crippen molar-refractivity contribution in [2.24, 2.45) is 0 Å². The number of benzene rings is 3. The Morgan fingerprint density at radius 3 is 2.25 bits per heavy atom. The monoisotopic (exact) mass is 400 g/mol. The van der Waals surface area contributed by atoms with E-state index in [0.717, 1.165) is 0 Å². The number of hydrogen-bond donors (Lipinski definition) is 1. The molecule has 7 heteroatoms. The summed E-state index contributed by atoms with van der Waals surface area (Å²) in [4.78, 5) is 10.9. The lowest BCUT2D eigenvalue weighted by atomic mass is 10.1. The molecular weight excluding hydrogens is 383 g/mol. The highest BCUT2D eigenvalue weighted by molar-refractivity contribution is 7.91. The van der Waals surface area contributed by atoms with Crippen molar-refractivity contribution in [2.75, 3.05) is 7.11 Å². The third kappa shape index (κ3) is 4.04. The first-order valence-corrected chi connectivity index (χ1v) is 9.79. The molecule has 0 aliphatic rings. The molecule has 0 spiro atoms. The molecule has 0 aromatic heterocycles. The summed E-state index contributed by atoms with van der Waals surface area (Å²) in [5.41, 5.74) is 1.43. The summed E-state index contributed by atoms with van der Waals surface area (Å²) in [6.07, 6.45) is -0.269. The SMILES string of the molecule is COc1ccc(-c2cccc(S(=O)(=O)c3cccc(CC(=O)O)c3)c2)cc1F. The molecule has 3 rings (SSSR count). The van der Waals surface area contributed by atoms with Crippen molar-refractivity contribution in [2.45, 2.75) is 16.2 Å². The van der Waals surface area contributed by atoms with Gasteiger partial charge in [-0.1, -0.05) is 30.3 Å². The smallest absolute Gasteiger partial charge is 0.307 e. The summed E-state index contributed by atoms with van der Waals surface area (Å²) in [6, 6.07) is 16.4. The predicted molar refractivity (Wildman–Crippen MR) is 102 cm³/mol. The van der Waals surface area contributed by atoms with Gasteiger partial charge in [-0.25, -0.2) is 12.8 Å². The van der Waals surface area contributed by atoms with Crippen LogP contribution in [0.1, 0.15) is 5.56 Å². The fourth-order valence-electron chi connectivity index (χ4n) is 2.82. The van der Waals surface area contributed by atoms with Crippen LogP contribution >= 0.6 is 0 Å². The van der Waals surface area contributed by atoms with Crippen LogP contribution in [0.25, 0.3) is 11.1 Å². The van der Waals surface area contributed by atoms with Crippen LogP contribution in [-0.4, -0.2) is 26.6 Å². The van der Waals surface area contributed by atoms with E-state index in [2.05, 4.69) is 0 Å². The lowest BCUT2D eigenvalue weighted by Gasteiger charge is -2.09. The van der Waals surface area contributed by atoms with E-state index in [1.54, 1.807) is 24.3 Å². The van der Waals surface area contributed by atoms with Gasteiger partial charge in [0.25, 0.3) is 0 Å². The van der Waals surface area contributed by atoms with Crippen LogP contribution in [0.4, 0.5) is 4.39 Å². The molecule has 28 heavy (non-hydrogen) atoms. The number of hydrogen-bond acceptors (Lipinski definition) is 4. The summed E-state index contributed by atoms with van der Waals surface area (Å²) >= 11 is 0. The van der Waals surface area contributed by atoms with Gasteiger partial charge >= 0.3 is 5.97 Å². The lowest BCUT2D eigenvalue weighted by molar-refractivity contribution is -0.136. The first-order chi connectivity index (χ1) is 13.3. The Labute approximate surface area is 162 Å². The molecule has 1 N–H and O–H groups in total. The summed E-state index contributed by atoms with van der Waals surface area (Å²) in [5.74, 6) is -1.49. The number of methoxy groups -OCH3 is 1. The molecule has 0 atom stereocenters.